The van der Waals surface area contributed by atoms with E-state index in [-0.39, 0.29) is 18.5 Å². The van der Waals surface area contributed by atoms with Gasteiger partial charge in [0.05, 0.1) is 11.9 Å². The SMILES string of the molecule is CC[C@H](C)NC(=O)[C@H](CC)N(CCc1ccccc1)C(=O)CN(c1ccccc1)S(C)(=O)=O. The summed E-state index contributed by atoms with van der Waals surface area (Å²) in [5.74, 6) is -0.634. The van der Waals surface area contributed by atoms with Gasteiger partial charge in [0.15, 0.2) is 0 Å². The first-order chi connectivity index (χ1) is 15.7. The highest BCUT2D eigenvalue weighted by Crippen LogP contribution is 2.18. The average molecular weight is 474 g/mol. The summed E-state index contributed by atoms with van der Waals surface area (Å²) >= 11 is 0. The summed E-state index contributed by atoms with van der Waals surface area (Å²) in [6.45, 7) is 5.69. The molecule has 0 saturated heterocycles. The van der Waals surface area contributed by atoms with E-state index in [1.54, 1.807) is 30.3 Å². The standard InChI is InChI=1S/C25H35N3O4S/c1-5-20(3)26-25(30)23(6-2)27(18-17-21-13-9-7-10-14-21)24(29)19-28(33(4,31)32)22-15-11-8-12-16-22/h7-16,20,23H,5-6,17-19H2,1-4H3,(H,26,30)/t20-,23-/m0/s1. The van der Waals surface area contributed by atoms with E-state index in [1.165, 1.54) is 4.90 Å². The van der Waals surface area contributed by atoms with E-state index in [9.17, 15) is 18.0 Å². The van der Waals surface area contributed by atoms with Crippen molar-refractivity contribution >= 4 is 27.5 Å². The lowest BCUT2D eigenvalue weighted by atomic mass is 10.1. The molecule has 0 heterocycles. The van der Waals surface area contributed by atoms with Gasteiger partial charge in [-0.15, -0.1) is 0 Å². The minimum Gasteiger partial charge on any atom is -0.352 e. The van der Waals surface area contributed by atoms with Crippen LogP contribution in [0.15, 0.2) is 60.7 Å². The molecular formula is C25H35N3O4S. The van der Waals surface area contributed by atoms with Crippen molar-refractivity contribution in [3.05, 3.63) is 66.2 Å². The van der Waals surface area contributed by atoms with Gasteiger partial charge in [-0.2, -0.15) is 0 Å². The third-order valence-electron chi connectivity index (χ3n) is 5.59. The van der Waals surface area contributed by atoms with E-state index in [2.05, 4.69) is 5.32 Å². The molecule has 2 aromatic rings. The maximum Gasteiger partial charge on any atom is 0.244 e. The molecular weight excluding hydrogens is 438 g/mol. The number of rotatable bonds is 12. The number of nitrogens with one attached hydrogen (secondary N) is 1. The van der Waals surface area contributed by atoms with Crippen molar-refractivity contribution in [1.29, 1.82) is 0 Å². The van der Waals surface area contributed by atoms with Crippen LogP contribution in [-0.4, -0.2) is 56.6 Å². The van der Waals surface area contributed by atoms with Gasteiger partial charge in [-0.05, 0) is 43.9 Å². The summed E-state index contributed by atoms with van der Waals surface area (Å²) in [6, 6.07) is 17.5. The molecule has 0 bridgehead atoms. The van der Waals surface area contributed by atoms with Gasteiger partial charge in [-0.1, -0.05) is 62.4 Å². The lowest BCUT2D eigenvalue weighted by Gasteiger charge is -2.33. The Bertz CT molecular complexity index is 997. The first kappa shape index (κ1) is 26.4. The number of para-hydroxylation sites is 1. The molecule has 0 aliphatic heterocycles. The highest BCUT2D eigenvalue weighted by molar-refractivity contribution is 7.92. The van der Waals surface area contributed by atoms with Crippen LogP contribution in [0.25, 0.3) is 0 Å². The van der Waals surface area contributed by atoms with Gasteiger partial charge >= 0.3 is 0 Å². The Labute approximate surface area is 197 Å². The number of carbonyl (C=O) groups excluding carboxylic acids is 2. The number of nitrogens with zero attached hydrogens (tertiary/aromatic N) is 2. The Morgan fingerprint density at radius 3 is 2.03 bits per heavy atom. The Kier molecular flexibility index (Phi) is 9.91. The number of sulfonamides is 1. The van der Waals surface area contributed by atoms with Crippen molar-refractivity contribution in [2.24, 2.45) is 0 Å². The monoisotopic (exact) mass is 473 g/mol. The van der Waals surface area contributed by atoms with Crippen LogP contribution in [0.5, 0.6) is 0 Å². The Hall–Kier alpha value is -2.87. The predicted octanol–water partition coefficient (Wildman–Crippen LogP) is 3.22. The zero-order valence-electron chi connectivity index (χ0n) is 19.9. The van der Waals surface area contributed by atoms with E-state index in [0.717, 1.165) is 22.5 Å². The number of anilines is 1. The van der Waals surface area contributed by atoms with Crippen molar-refractivity contribution in [2.75, 3.05) is 23.7 Å². The number of amides is 2. The predicted molar refractivity (Wildman–Crippen MR) is 132 cm³/mol. The highest BCUT2D eigenvalue weighted by atomic mass is 32.2. The van der Waals surface area contributed by atoms with Crippen molar-refractivity contribution in [1.82, 2.24) is 10.2 Å². The van der Waals surface area contributed by atoms with Crippen molar-refractivity contribution in [2.45, 2.75) is 52.1 Å². The first-order valence-corrected chi connectivity index (χ1v) is 13.2. The van der Waals surface area contributed by atoms with Gasteiger partial charge in [0.1, 0.15) is 12.6 Å². The molecule has 2 aromatic carbocycles. The molecule has 2 rings (SSSR count). The van der Waals surface area contributed by atoms with Crippen LogP contribution in [0.1, 0.15) is 39.2 Å². The number of hydrogen-bond donors (Lipinski definition) is 1. The largest absolute Gasteiger partial charge is 0.352 e. The minimum absolute atomic E-state index is 0.0190. The summed E-state index contributed by atoms with van der Waals surface area (Å²) in [6.07, 6.45) is 2.83. The van der Waals surface area contributed by atoms with Crippen LogP contribution < -0.4 is 9.62 Å². The third-order valence-corrected chi connectivity index (χ3v) is 6.74. The quantitative estimate of drug-likeness (QED) is 0.513. The van der Waals surface area contributed by atoms with Crippen molar-refractivity contribution in [3.8, 4) is 0 Å². The van der Waals surface area contributed by atoms with Crippen LogP contribution in [0, 0.1) is 0 Å². The normalized spacial score (nSPS) is 13.1. The number of hydrogen-bond acceptors (Lipinski definition) is 4. The van der Waals surface area contributed by atoms with Crippen molar-refractivity contribution < 1.29 is 18.0 Å². The molecule has 2 amide bonds. The van der Waals surface area contributed by atoms with E-state index >= 15 is 0 Å². The molecule has 2 atom stereocenters. The lowest BCUT2D eigenvalue weighted by Crippen LogP contribution is -2.54. The first-order valence-electron chi connectivity index (χ1n) is 11.3. The molecule has 0 unspecified atom stereocenters. The molecule has 0 radical (unpaired) electrons. The molecule has 1 N–H and O–H groups in total. The van der Waals surface area contributed by atoms with Gasteiger partial charge in [0.2, 0.25) is 21.8 Å². The van der Waals surface area contributed by atoms with Crippen LogP contribution in [0.4, 0.5) is 5.69 Å². The second-order valence-electron chi connectivity index (χ2n) is 8.17. The van der Waals surface area contributed by atoms with E-state index in [4.69, 9.17) is 0 Å². The van der Waals surface area contributed by atoms with Crippen LogP contribution >= 0.6 is 0 Å². The second-order valence-corrected chi connectivity index (χ2v) is 10.1. The summed E-state index contributed by atoms with van der Waals surface area (Å²) in [4.78, 5) is 28.0. The molecule has 7 nitrogen and oxygen atoms in total. The van der Waals surface area contributed by atoms with Gasteiger partial charge in [0.25, 0.3) is 0 Å². The Balaban J connectivity index is 2.33. The minimum atomic E-state index is -3.70. The highest BCUT2D eigenvalue weighted by Gasteiger charge is 2.31. The molecule has 0 aliphatic carbocycles. The molecule has 0 fully saturated rings. The molecule has 0 aromatic heterocycles. The van der Waals surface area contributed by atoms with Crippen LogP contribution in [0.3, 0.4) is 0 Å². The summed E-state index contributed by atoms with van der Waals surface area (Å²) in [7, 11) is -3.70. The molecule has 180 valence electrons. The lowest BCUT2D eigenvalue weighted by molar-refractivity contribution is -0.139. The summed E-state index contributed by atoms with van der Waals surface area (Å²) < 4.78 is 26.1. The summed E-state index contributed by atoms with van der Waals surface area (Å²) in [5.41, 5.74) is 1.45. The van der Waals surface area contributed by atoms with E-state index in [1.807, 2.05) is 51.1 Å². The van der Waals surface area contributed by atoms with Crippen LogP contribution in [-0.2, 0) is 26.0 Å². The third kappa shape index (κ3) is 7.89. The van der Waals surface area contributed by atoms with Gasteiger partial charge in [0, 0.05) is 12.6 Å². The molecule has 0 aliphatic rings. The van der Waals surface area contributed by atoms with Gasteiger partial charge < -0.3 is 10.2 Å². The zero-order chi connectivity index (χ0) is 24.4. The van der Waals surface area contributed by atoms with E-state index in [0.29, 0.717) is 25.1 Å². The van der Waals surface area contributed by atoms with Crippen molar-refractivity contribution in [3.63, 3.8) is 0 Å². The second kappa shape index (κ2) is 12.4. The molecule has 0 saturated carbocycles. The maximum atomic E-state index is 13.5. The zero-order valence-corrected chi connectivity index (χ0v) is 20.7. The number of carbonyl (C=O) groups is 2. The average Bonchev–Trinajstić information content (AvgIpc) is 2.80. The molecule has 0 spiro atoms. The smallest absolute Gasteiger partial charge is 0.244 e. The number of benzene rings is 2. The molecule has 8 heteroatoms. The van der Waals surface area contributed by atoms with E-state index < -0.39 is 22.0 Å². The maximum absolute atomic E-state index is 13.5. The fourth-order valence-corrected chi connectivity index (χ4v) is 4.39. The fraction of sp³-hybridized carbons (Fsp3) is 0.440. The van der Waals surface area contributed by atoms with Gasteiger partial charge in [-0.25, -0.2) is 8.42 Å². The molecule has 33 heavy (non-hydrogen) atoms. The summed E-state index contributed by atoms with van der Waals surface area (Å²) in [5, 5.41) is 2.96. The fourth-order valence-electron chi connectivity index (χ4n) is 3.54. The Morgan fingerprint density at radius 2 is 1.52 bits per heavy atom. The van der Waals surface area contributed by atoms with Gasteiger partial charge in [-0.3, -0.25) is 13.9 Å². The Morgan fingerprint density at radius 1 is 0.939 bits per heavy atom. The van der Waals surface area contributed by atoms with Crippen LogP contribution in [0.2, 0.25) is 0 Å². The topological polar surface area (TPSA) is 86.8 Å².